The molecule has 0 saturated carbocycles. The van der Waals surface area contributed by atoms with Crippen molar-refractivity contribution in [3.63, 3.8) is 0 Å². The van der Waals surface area contributed by atoms with Gasteiger partial charge in [-0.25, -0.2) is 4.79 Å². The van der Waals surface area contributed by atoms with Gasteiger partial charge in [-0.15, -0.1) is 0 Å². The highest BCUT2D eigenvalue weighted by atomic mass is 127. The van der Waals surface area contributed by atoms with Crippen LogP contribution in [0, 0.1) is 3.57 Å². The van der Waals surface area contributed by atoms with E-state index in [0.29, 0.717) is 35.5 Å². The van der Waals surface area contributed by atoms with Crippen LogP contribution in [-0.4, -0.2) is 27.1 Å². The molecule has 40 heavy (non-hydrogen) atoms. The fourth-order valence-corrected chi connectivity index (χ4v) is 5.72. The number of amidine groups is 1. The second-order valence-corrected chi connectivity index (χ2v) is 11.2. The maximum Gasteiger partial charge on any atom is 0.335 e. The molecule has 0 radical (unpaired) electrons. The van der Waals surface area contributed by atoms with Crippen molar-refractivity contribution in [2.45, 2.75) is 19.7 Å². The maximum absolute atomic E-state index is 13.5. The summed E-state index contributed by atoms with van der Waals surface area (Å²) in [6.07, 6.45) is 1.90. The summed E-state index contributed by atoms with van der Waals surface area (Å²) in [6, 6.07) is 32.3. The molecule has 0 atom stereocenters. The van der Waals surface area contributed by atoms with Gasteiger partial charge in [-0.3, -0.25) is 14.7 Å². The molecule has 4 aromatic rings. The van der Waals surface area contributed by atoms with Gasteiger partial charge >= 0.3 is 5.97 Å². The number of nitrogens with zero attached hydrogens (tertiary/aromatic N) is 2. The van der Waals surface area contributed by atoms with Crippen molar-refractivity contribution in [1.82, 2.24) is 4.90 Å². The Morgan fingerprint density at radius 1 is 0.900 bits per heavy atom. The van der Waals surface area contributed by atoms with Crippen LogP contribution in [0.4, 0.5) is 0 Å². The summed E-state index contributed by atoms with van der Waals surface area (Å²) < 4.78 is 6.87. The lowest BCUT2D eigenvalue weighted by molar-refractivity contribution is -0.122. The van der Waals surface area contributed by atoms with Gasteiger partial charge in [-0.05, 0) is 86.9 Å². The number of carboxylic acid groups (broad SMARTS) is 1. The summed E-state index contributed by atoms with van der Waals surface area (Å²) >= 11 is 3.61. The van der Waals surface area contributed by atoms with Crippen molar-refractivity contribution in [2.75, 3.05) is 0 Å². The molecule has 200 valence electrons. The first-order valence-corrected chi connectivity index (χ1v) is 14.4. The van der Waals surface area contributed by atoms with Crippen LogP contribution >= 0.6 is 34.4 Å². The van der Waals surface area contributed by atoms with Gasteiger partial charge in [-0.1, -0.05) is 78.9 Å². The molecule has 4 aromatic carbocycles. The van der Waals surface area contributed by atoms with E-state index in [0.717, 1.165) is 25.8 Å². The number of carbonyl (C=O) groups excluding carboxylic acids is 1. The zero-order valence-electron chi connectivity index (χ0n) is 21.4. The van der Waals surface area contributed by atoms with Crippen molar-refractivity contribution >= 4 is 57.5 Å². The molecule has 0 unspecified atom stereocenters. The van der Waals surface area contributed by atoms with Gasteiger partial charge < -0.3 is 9.84 Å². The number of carbonyl (C=O) groups is 2. The van der Waals surface area contributed by atoms with Crippen LogP contribution in [-0.2, 0) is 24.5 Å². The first-order chi connectivity index (χ1) is 19.5. The predicted octanol–water partition coefficient (Wildman–Crippen LogP) is 7.24. The molecular weight excluding hydrogens is 635 g/mol. The van der Waals surface area contributed by atoms with Gasteiger partial charge in [0.25, 0.3) is 5.91 Å². The van der Waals surface area contributed by atoms with E-state index in [1.807, 2.05) is 84.9 Å². The average molecular weight is 661 g/mol. The number of carboxylic acids is 1. The number of benzene rings is 4. The van der Waals surface area contributed by atoms with E-state index in [9.17, 15) is 9.59 Å². The van der Waals surface area contributed by atoms with E-state index in [-0.39, 0.29) is 11.5 Å². The number of halogens is 1. The molecule has 1 aliphatic rings. The highest BCUT2D eigenvalue weighted by Gasteiger charge is 2.33. The molecule has 6 nitrogen and oxygen atoms in total. The molecule has 8 heteroatoms. The number of hydrogen-bond acceptors (Lipinski definition) is 5. The molecule has 0 aromatic heterocycles. The molecule has 1 N–H and O–H groups in total. The lowest BCUT2D eigenvalue weighted by Crippen LogP contribution is -2.28. The van der Waals surface area contributed by atoms with E-state index < -0.39 is 5.97 Å². The third-order valence-electron chi connectivity index (χ3n) is 6.16. The van der Waals surface area contributed by atoms with E-state index in [1.54, 1.807) is 29.2 Å². The number of amides is 1. The van der Waals surface area contributed by atoms with Gasteiger partial charge in [0.05, 0.1) is 27.1 Å². The summed E-state index contributed by atoms with van der Waals surface area (Å²) in [6.45, 7) is 1.27. The molecule has 1 aliphatic heterocycles. The summed E-state index contributed by atoms with van der Waals surface area (Å²) in [5.74, 6) is -0.310. The van der Waals surface area contributed by atoms with Crippen molar-refractivity contribution < 1.29 is 19.4 Å². The Kier molecular flexibility index (Phi) is 8.98. The second-order valence-electron chi connectivity index (χ2n) is 9.05. The molecule has 1 saturated heterocycles. The summed E-state index contributed by atoms with van der Waals surface area (Å²) in [7, 11) is 0. The molecule has 0 aliphatic carbocycles. The second kappa shape index (κ2) is 13.0. The lowest BCUT2D eigenvalue weighted by Gasteiger charge is -2.15. The normalized spacial score (nSPS) is 15.1. The van der Waals surface area contributed by atoms with Crippen LogP contribution in [0.1, 0.15) is 32.6 Å². The number of hydrogen-bond donors (Lipinski definition) is 1. The minimum atomic E-state index is -0.955. The molecule has 0 spiro atoms. The first-order valence-electron chi connectivity index (χ1n) is 12.5. The van der Waals surface area contributed by atoms with Gasteiger partial charge in [-0.2, -0.15) is 0 Å². The zero-order chi connectivity index (χ0) is 27.9. The van der Waals surface area contributed by atoms with E-state index >= 15 is 0 Å². The fourth-order valence-electron chi connectivity index (χ4n) is 4.05. The van der Waals surface area contributed by atoms with Crippen molar-refractivity contribution in [3.8, 4) is 5.75 Å². The van der Waals surface area contributed by atoms with Crippen LogP contribution in [0.2, 0.25) is 0 Å². The smallest absolute Gasteiger partial charge is 0.335 e. The summed E-state index contributed by atoms with van der Waals surface area (Å²) in [5, 5.41) is 9.75. The Balaban J connectivity index is 1.32. The van der Waals surface area contributed by atoms with Gasteiger partial charge in [0.1, 0.15) is 12.4 Å². The molecule has 1 amide bonds. The van der Waals surface area contributed by atoms with Gasteiger partial charge in [0.15, 0.2) is 5.17 Å². The molecule has 1 fully saturated rings. The van der Waals surface area contributed by atoms with Crippen LogP contribution in [0.25, 0.3) is 6.08 Å². The van der Waals surface area contributed by atoms with Gasteiger partial charge in [0.2, 0.25) is 0 Å². The van der Waals surface area contributed by atoms with E-state index in [4.69, 9.17) is 14.8 Å². The average Bonchev–Trinajstić information content (AvgIpc) is 3.26. The number of aromatic carboxylic acids is 1. The monoisotopic (exact) mass is 660 g/mol. The topological polar surface area (TPSA) is 79.2 Å². The minimum Gasteiger partial charge on any atom is -0.488 e. The number of ether oxygens (including phenoxy) is 1. The molecular formula is C32H25IN2O4S. The number of rotatable bonds is 9. The largest absolute Gasteiger partial charge is 0.488 e. The Morgan fingerprint density at radius 3 is 2.23 bits per heavy atom. The minimum absolute atomic E-state index is 0.0687. The Hall–Kier alpha value is -3.89. The maximum atomic E-state index is 13.5. The Morgan fingerprint density at radius 2 is 1.57 bits per heavy atom. The van der Waals surface area contributed by atoms with E-state index in [1.165, 1.54) is 11.8 Å². The van der Waals surface area contributed by atoms with E-state index in [2.05, 4.69) is 22.6 Å². The van der Waals surface area contributed by atoms with Crippen LogP contribution < -0.4 is 4.74 Å². The predicted molar refractivity (Wildman–Crippen MR) is 167 cm³/mol. The zero-order valence-corrected chi connectivity index (χ0v) is 24.3. The van der Waals surface area contributed by atoms with Crippen LogP contribution in [0.5, 0.6) is 5.75 Å². The first kappa shape index (κ1) is 27.7. The Labute approximate surface area is 250 Å². The Bertz CT molecular complexity index is 1570. The quantitative estimate of drug-likeness (QED) is 0.151. The molecule has 1 heterocycles. The van der Waals surface area contributed by atoms with Crippen molar-refractivity contribution in [1.29, 1.82) is 0 Å². The third kappa shape index (κ3) is 7.00. The van der Waals surface area contributed by atoms with Gasteiger partial charge in [0, 0.05) is 0 Å². The van der Waals surface area contributed by atoms with Crippen molar-refractivity contribution in [2.24, 2.45) is 4.99 Å². The highest BCUT2D eigenvalue weighted by molar-refractivity contribution is 14.1. The molecule has 0 bridgehead atoms. The fraction of sp³-hybridized carbons (Fsp3) is 0.0938. The summed E-state index contributed by atoms with van der Waals surface area (Å²) in [5.41, 5.74) is 4.13. The standard InChI is InChI=1S/C32H25IN2O4S/c33-27-17-25(13-16-28(27)39-21-24-11-14-26(15-12-24)31(37)38)18-29-30(36)35(20-23-9-5-2-6-10-23)32(40-29)34-19-22-7-3-1-4-8-22/h1-18H,19-21H2,(H,37,38)/b29-18-,34-32?. The van der Waals surface area contributed by atoms with Crippen LogP contribution in [0.15, 0.2) is 113 Å². The highest BCUT2D eigenvalue weighted by Crippen LogP contribution is 2.35. The SMILES string of the molecule is O=C(O)c1ccc(COc2ccc(/C=C3\SC(=NCc4ccccc4)N(Cc4ccccc4)C3=O)cc2I)cc1. The molecule has 5 rings (SSSR count). The number of aliphatic imine (C=N–C) groups is 1. The third-order valence-corrected chi connectivity index (χ3v) is 8.05. The lowest BCUT2D eigenvalue weighted by atomic mass is 10.1. The summed E-state index contributed by atoms with van der Waals surface area (Å²) in [4.78, 5) is 31.7. The van der Waals surface area contributed by atoms with Crippen molar-refractivity contribution in [3.05, 3.63) is 139 Å². The number of thioether (sulfide) groups is 1. The van der Waals surface area contributed by atoms with Crippen LogP contribution in [0.3, 0.4) is 0 Å².